The Bertz CT molecular complexity index is 336. The second kappa shape index (κ2) is 4.95. The summed E-state index contributed by atoms with van der Waals surface area (Å²) in [6.07, 6.45) is 4.12. The fraction of sp³-hybridized carbons (Fsp3) is 0.727. The summed E-state index contributed by atoms with van der Waals surface area (Å²) < 4.78 is 7.46. The molecule has 0 amide bonds. The first-order valence-electron chi connectivity index (χ1n) is 5.72. The molecule has 1 aromatic heterocycles. The Morgan fingerprint density at radius 2 is 2.50 bits per heavy atom. The first-order valence-corrected chi connectivity index (χ1v) is 5.72. The first kappa shape index (κ1) is 11.6. The zero-order valence-corrected chi connectivity index (χ0v) is 9.97. The molecule has 2 N–H and O–H groups in total. The van der Waals surface area contributed by atoms with Crippen LogP contribution in [0.2, 0.25) is 0 Å². The van der Waals surface area contributed by atoms with Gasteiger partial charge in [-0.3, -0.25) is 9.58 Å². The van der Waals surface area contributed by atoms with Gasteiger partial charge in [0.1, 0.15) is 0 Å². The predicted octanol–water partition coefficient (Wildman–Crippen LogP) is -0.0319. The number of hydrogen-bond donors (Lipinski definition) is 1. The fourth-order valence-corrected chi connectivity index (χ4v) is 2.01. The van der Waals surface area contributed by atoms with E-state index in [1.807, 2.05) is 24.9 Å². The average molecular weight is 224 g/mol. The molecule has 2 rings (SSSR count). The summed E-state index contributed by atoms with van der Waals surface area (Å²) in [7, 11) is 1.94. The second-order valence-corrected chi connectivity index (χ2v) is 4.53. The quantitative estimate of drug-likeness (QED) is 0.783. The summed E-state index contributed by atoms with van der Waals surface area (Å²) in [4.78, 5) is 2.37. The lowest BCUT2D eigenvalue weighted by Crippen LogP contribution is -2.49. The minimum Gasteiger partial charge on any atom is -0.374 e. The van der Waals surface area contributed by atoms with Crippen molar-refractivity contribution in [1.29, 1.82) is 0 Å². The van der Waals surface area contributed by atoms with E-state index in [4.69, 9.17) is 10.5 Å². The van der Waals surface area contributed by atoms with Crippen molar-refractivity contribution in [2.75, 3.05) is 19.7 Å². The van der Waals surface area contributed by atoms with Crippen LogP contribution in [0.5, 0.6) is 0 Å². The standard InChI is InChI=1S/C11H20N4O/c1-9(12)11-8-15(3-4-16-11)7-10-5-13-14(2)6-10/h5-6,9,11H,3-4,7-8,12H2,1-2H3. The molecule has 0 radical (unpaired) electrons. The Hall–Kier alpha value is -0.910. The Kier molecular flexibility index (Phi) is 3.58. The van der Waals surface area contributed by atoms with Gasteiger partial charge >= 0.3 is 0 Å². The minimum absolute atomic E-state index is 0.0942. The molecule has 0 aliphatic carbocycles. The highest BCUT2D eigenvalue weighted by molar-refractivity contribution is 5.03. The maximum atomic E-state index is 5.86. The Morgan fingerprint density at radius 1 is 1.69 bits per heavy atom. The van der Waals surface area contributed by atoms with E-state index in [0.29, 0.717) is 0 Å². The van der Waals surface area contributed by atoms with Crippen LogP contribution in [0.1, 0.15) is 12.5 Å². The van der Waals surface area contributed by atoms with Crippen LogP contribution in [-0.2, 0) is 18.3 Å². The van der Waals surface area contributed by atoms with Crippen molar-refractivity contribution in [3.05, 3.63) is 18.0 Å². The topological polar surface area (TPSA) is 56.3 Å². The number of rotatable bonds is 3. The number of aromatic nitrogens is 2. The van der Waals surface area contributed by atoms with Gasteiger partial charge in [0, 0.05) is 44.5 Å². The van der Waals surface area contributed by atoms with Crippen molar-refractivity contribution in [2.24, 2.45) is 12.8 Å². The summed E-state index contributed by atoms with van der Waals surface area (Å²) >= 11 is 0. The second-order valence-electron chi connectivity index (χ2n) is 4.53. The lowest BCUT2D eigenvalue weighted by Gasteiger charge is -2.34. The molecule has 1 aliphatic heterocycles. The monoisotopic (exact) mass is 224 g/mol. The van der Waals surface area contributed by atoms with Crippen LogP contribution in [0.25, 0.3) is 0 Å². The highest BCUT2D eigenvalue weighted by atomic mass is 16.5. The molecule has 5 heteroatoms. The van der Waals surface area contributed by atoms with E-state index in [2.05, 4.69) is 16.2 Å². The molecule has 2 atom stereocenters. The Morgan fingerprint density at radius 3 is 3.12 bits per heavy atom. The Balaban J connectivity index is 1.90. The molecule has 16 heavy (non-hydrogen) atoms. The van der Waals surface area contributed by atoms with Gasteiger partial charge in [-0.1, -0.05) is 0 Å². The summed E-state index contributed by atoms with van der Waals surface area (Å²) in [5.41, 5.74) is 7.10. The molecule has 0 aromatic carbocycles. The van der Waals surface area contributed by atoms with E-state index in [9.17, 15) is 0 Å². The fourth-order valence-electron chi connectivity index (χ4n) is 2.01. The van der Waals surface area contributed by atoms with Crippen molar-refractivity contribution in [3.63, 3.8) is 0 Å². The number of hydrogen-bond acceptors (Lipinski definition) is 4. The molecule has 2 unspecified atom stereocenters. The molecule has 0 saturated carbocycles. The first-order chi connectivity index (χ1) is 7.65. The molecule has 1 saturated heterocycles. The van der Waals surface area contributed by atoms with Crippen LogP contribution < -0.4 is 5.73 Å². The van der Waals surface area contributed by atoms with E-state index in [-0.39, 0.29) is 12.1 Å². The van der Waals surface area contributed by atoms with Crippen molar-refractivity contribution >= 4 is 0 Å². The van der Waals surface area contributed by atoms with Crippen molar-refractivity contribution in [2.45, 2.75) is 25.6 Å². The third-order valence-electron chi connectivity index (χ3n) is 2.93. The average Bonchev–Trinajstić information content (AvgIpc) is 2.64. The molecule has 0 spiro atoms. The summed E-state index contributed by atoms with van der Waals surface area (Å²) in [5.74, 6) is 0. The van der Waals surface area contributed by atoms with E-state index >= 15 is 0 Å². The van der Waals surface area contributed by atoms with E-state index < -0.39 is 0 Å². The molecule has 1 aliphatic rings. The van der Waals surface area contributed by atoms with Gasteiger partial charge in [0.25, 0.3) is 0 Å². The van der Waals surface area contributed by atoms with Gasteiger partial charge < -0.3 is 10.5 Å². The van der Waals surface area contributed by atoms with Crippen LogP contribution in [0.4, 0.5) is 0 Å². The van der Waals surface area contributed by atoms with Gasteiger partial charge in [-0.05, 0) is 6.92 Å². The zero-order chi connectivity index (χ0) is 11.5. The number of nitrogens with zero attached hydrogens (tertiary/aromatic N) is 3. The Labute approximate surface area is 96.2 Å². The van der Waals surface area contributed by atoms with Crippen LogP contribution in [0, 0.1) is 0 Å². The van der Waals surface area contributed by atoms with Crippen molar-refractivity contribution in [3.8, 4) is 0 Å². The predicted molar refractivity (Wildman–Crippen MR) is 61.9 cm³/mol. The number of nitrogens with two attached hydrogens (primary N) is 1. The summed E-state index contributed by atoms with van der Waals surface area (Å²) in [6.45, 7) is 5.58. The summed E-state index contributed by atoms with van der Waals surface area (Å²) in [5, 5.41) is 4.17. The molecule has 1 aromatic rings. The van der Waals surface area contributed by atoms with E-state index in [0.717, 1.165) is 26.2 Å². The molecular formula is C11H20N4O. The lowest BCUT2D eigenvalue weighted by atomic mass is 10.1. The van der Waals surface area contributed by atoms with Crippen molar-refractivity contribution < 1.29 is 4.74 Å². The SMILES string of the molecule is CC(N)C1CN(Cc2cnn(C)c2)CCO1. The molecule has 2 heterocycles. The number of aryl methyl sites for hydroxylation is 1. The highest BCUT2D eigenvalue weighted by Gasteiger charge is 2.23. The van der Waals surface area contributed by atoms with Gasteiger partial charge in [-0.15, -0.1) is 0 Å². The van der Waals surface area contributed by atoms with Crippen molar-refractivity contribution in [1.82, 2.24) is 14.7 Å². The minimum atomic E-state index is 0.0942. The molecule has 90 valence electrons. The maximum absolute atomic E-state index is 5.86. The lowest BCUT2D eigenvalue weighted by molar-refractivity contribution is -0.0403. The third-order valence-corrected chi connectivity index (χ3v) is 2.93. The normalized spacial score (nSPS) is 24.6. The molecule has 0 bridgehead atoms. The molecule has 5 nitrogen and oxygen atoms in total. The van der Waals surface area contributed by atoms with Crippen LogP contribution in [0.3, 0.4) is 0 Å². The summed E-state index contributed by atoms with van der Waals surface area (Å²) in [6, 6.07) is 0.0942. The third kappa shape index (κ3) is 2.81. The van der Waals surface area contributed by atoms with Gasteiger partial charge in [0.2, 0.25) is 0 Å². The number of ether oxygens (including phenoxy) is 1. The number of morpholine rings is 1. The largest absolute Gasteiger partial charge is 0.374 e. The van der Waals surface area contributed by atoms with Gasteiger partial charge in [0.05, 0.1) is 18.9 Å². The van der Waals surface area contributed by atoms with Gasteiger partial charge in [0.15, 0.2) is 0 Å². The maximum Gasteiger partial charge on any atom is 0.0850 e. The van der Waals surface area contributed by atoms with Crippen LogP contribution in [0.15, 0.2) is 12.4 Å². The zero-order valence-electron chi connectivity index (χ0n) is 9.97. The highest BCUT2D eigenvalue weighted by Crippen LogP contribution is 2.11. The van der Waals surface area contributed by atoms with Gasteiger partial charge in [-0.2, -0.15) is 5.10 Å². The molecular weight excluding hydrogens is 204 g/mol. The van der Waals surface area contributed by atoms with Crippen LogP contribution >= 0.6 is 0 Å². The van der Waals surface area contributed by atoms with Crippen LogP contribution in [-0.4, -0.2) is 46.5 Å². The van der Waals surface area contributed by atoms with E-state index in [1.165, 1.54) is 5.56 Å². The smallest absolute Gasteiger partial charge is 0.0850 e. The van der Waals surface area contributed by atoms with Gasteiger partial charge in [-0.25, -0.2) is 0 Å². The van der Waals surface area contributed by atoms with E-state index in [1.54, 1.807) is 0 Å². The molecule has 1 fully saturated rings.